The lowest BCUT2D eigenvalue weighted by Crippen LogP contribution is -2.53. The van der Waals surface area contributed by atoms with Crippen molar-refractivity contribution in [3.05, 3.63) is 327 Å². The van der Waals surface area contributed by atoms with Crippen molar-refractivity contribution in [1.82, 2.24) is 24.7 Å². The first kappa shape index (κ1) is 71.2. The Kier molecular flexibility index (Phi) is 18.6. The number of rotatable bonds is 20. The van der Waals surface area contributed by atoms with Gasteiger partial charge in [-0.15, -0.1) is 0 Å². The summed E-state index contributed by atoms with van der Waals surface area (Å²) < 4.78 is 84.3. The Morgan fingerprint density at radius 1 is 0.427 bits per heavy atom. The van der Waals surface area contributed by atoms with Gasteiger partial charge in [-0.3, -0.25) is 19.3 Å². The minimum atomic E-state index is -3.86. The summed E-state index contributed by atoms with van der Waals surface area (Å²) in [6.07, 6.45) is -2.84. The number of carbonyl (C=O) groups excluding carboxylic acids is 4. The second kappa shape index (κ2) is 28.7. The number of urea groups is 1. The van der Waals surface area contributed by atoms with Crippen LogP contribution in [0.2, 0.25) is 0 Å². The molecule has 6 atom stereocenters. The fourth-order valence-electron chi connectivity index (χ4n) is 16.4. The van der Waals surface area contributed by atoms with Crippen LogP contribution >= 0.6 is 0 Å². The minimum absolute atomic E-state index is 0.00465. The number of nitrogens with one attached hydrogen (secondary N) is 2. The fraction of sp³-hybridized carbons (Fsp3) is 0.239. The number of sulfone groups is 1. The number of amides is 5. The molecule has 7 aliphatic rings. The number of carbonyl (C=O) groups is 4. The van der Waals surface area contributed by atoms with Gasteiger partial charge in [0.1, 0.15) is 0 Å². The molecule has 22 heteroatoms. The summed E-state index contributed by atoms with van der Waals surface area (Å²) in [5.74, 6) is -1.05. The molecule has 7 aliphatic heterocycles. The van der Waals surface area contributed by atoms with Gasteiger partial charge in [0.25, 0.3) is 17.7 Å². The van der Waals surface area contributed by atoms with Crippen LogP contribution < -0.4 is 10.0 Å². The average molecular weight is 1500 g/mol. The summed E-state index contributed by atoms with van der Waals surface area (Å²) in [7, 11) is -4.87. The fourth-order valence-corrected chi connectivity index (χ4v) is 18.4. The molecular formula is C88H78N8O12S2. The van der Waals surface area contributed by atoms with Crippen molar-refractivity contribution in [3.8, 4) is 22.3 Å². The lowest BCUT2D eigenvalue weighted by Gasteiger charge is -2.33. The summed E-state index contributed by atoms with van der Waals surface area (Å²) in [6, 6.07) is 79.3. The number of aliphatic imine (C=N–C) groups is 3. The highest BCUT2D eigenvalue weighted by atomic mass is 32.2. The molecule has 0 aromatic heterocycles. The second-order valence-electron chi connectivity index (χ2n) is 29.1. The molecule has 2 N–H and O–H groups in total. The Bertz CT molecular complexity index is 5630. The van der Waals surface area contributed by atoms with Crippen molar-refractivity contribution < 1.29 is 55.0 Å². The molecule has 5 amide bonds. The van der Waals surface area contributed by atoms with Crippen molar-refractivity contribution in [2.24, 2.45) is 15.0 Å². The van der Waals surface area contributed by atoms with E-state index in [0.29, 0.717) is 52.2 Å². The van der Waals surface area contributed by atoms with E-state index >= 15 is 14.4 Å². The first-order valence-corrected chi connectivity index (χ1v) is 40.2. The van der Waals surface area contributed by atoms with E-state index in [9.17, 15) is 21.6 Å². The van der Waals surface area contributed by atoms with Gasteiger partial charge in [0.05, 0.1) is 36.2 Å². The third-order valence-corrected chi connectivity index (χ3v) is 25.3. The summed E-state index contributed by atoms with van der Waals surface area (Å²) in [5.41, 5.74) is 7.61. The SMILES string of the molecule is CNC(=O)N1Cc2ccccc2[C@@H]2OC(c3ccccc3)=N[C@]2(Cc2cccc(-c3ccc4c(c3)[C@@H]3OC(c5ccccc5)=N[C@]3(Cc3cccc(-c5ccc6c(c5)[C@@H]5OC(c7ccccc7)=N[C@]5(Cc5ccc(C7COC7)cc5)C(=O)N(CCS(=O)(=O)c5ccccc5)C6)c3)C(=O)N(CCS(=O)(=O)NC)C4)c2)C1=O. The van der Waals surface area contributed by atoms with E-state index in [4.69, 9.17) is 33.9 Å². The van der Waals surface area contributed by atoms with E-state index in [1.54, 1.807) is 40.1 Å². The van der Waals surface area contributed by atoms with Crippen LogP contribution in [0.1, 0.15) is 96.6 Å². The minimum Gasteiger partial charge on any atom is -0.466 e. The topological polar surface area (TPSA) is 244 Å². The molecule has 10 aromatic rings. The zero-order valence-corrected chi connectivity index (χ0v) is 62.1. The Balaban J connectivity index is 0.762. The first-order chi connectivity index (χ1) is 53.4. The number of imide groups is 1. The standard InChI is InChI=1S/C88H78N8O12S2/c1-89-85(100)96-54-68-27-15-16-32-73(68)76-88(84(96)99,93-81(106-76)63-25-11-5-12-26-63)51-59-20-18-29-65(46-59)67-38-40-70-53-95(42-44-110(103,104)90-2)83(98)87(78(75(70)48-67)108-80(92-87)62-23-9-4-10-24-62)50-58-19-17-28-64(45-58)66-37-39-69-52-94(41-43-109(101,102)72-30-13-6-14-31-72)82(97)86(49-57-33-35-60(36-34-57)71-55-105-56-71)77(74(69)47-66)107-79(91-86)61-21-7-3-8-22-61/h3-40,45-48,71,76-78,90H,41-44,49-56H2,1-2H3,(H,89,100)/t76-,77-,78-,86-,87-,88-/m0/s1. The van der Waals surface area contributed by atoms with Gasteiger partial charge >= 0.3 is 6.03 Å². The number of hydrogen-bond donors (Lipinski definition) is 2. The Morgan fingerprint density at radius 2 is 0.845 bits per heavy atom. The van der Waals surface area contributed by atoms with Crippen LogP contribution in [0.5, 0.6) is 0 Å². The predicted octanol–water partition coefficient (Wildman–Crippen LogP) is 12.0. The maximum absolute atomic E-state index is 16.4. The number of nitrogens with zero attached hydrogens (tertiary/aromatic N) is 6. The molecule has 0 radical (unpaired) electrons. The predicted molar refractivity (Wildman–Crippen MR) is 417 cm³/mol. The zero-order valence-electron chi connectivity index (χ0n) is 60.4. The molecule has 1 saturated heterocycles. The molecule has 0 unspecified atom stereocenters. The van der Waals surface area contributed by atoms with Crippen LogP contribution in [0.25, 0.3) is 22.3 Å². The van der Waals surface area contributed by atoms with E-state index < -0.39 is 78.4 Å². The van der Waals surface area contributed by atoms with E-state index in [2.05, 4.69) is 22.2 Å². The van der Waals surface area contributed by atoms with Gasteiger partial charge in [-0.05, 0) is 129 Å². The number of hydrogen-bond acceptors (Lipinski definition) is 15. The smallest absolute Gasteiger partial charge is 0.324 e. The van der Waals surface area contributed by atoms with Crippen LogP contribution in [0, 0.1) is 0 Å². The number of sulfonamides is 1. The van der Waals surface area contributed by atoms with E-state index in [0.717, 1.165) is 55.6 Å². The summed E-state index contributed by atoms with van der Waals surface area (Å²) in [5, 5.41) is 2.68. The van der Waals surface area contributed by atoms with Gasteiger partial charge in [0.2, 0.25) is 27.7 Å². The third-order valence-electron chi connectivity index (χ3n) is 22.3. The number of ether oxygens (including phenoxy) is 4. The number of benzene rings is 10. The maximum Gasteiger partial charge on any atom is 0.324 e. The summed E-state index contributed by atoms with van der Waals surface area (Å²) >= 11 is 0. The van der Waals surface area contributed by atoms with E-state index in [-0.39, 0.29) is 92.2 Å². The average Bonchev–Trinajstić information content (AvgIpc) is 1.58. The highest BCUT2D eigenvalue weighted by Gasteiger charge is 2.61. The Labute approximate surface area is 638 Å². The third kappa shape index (κ3) is 13.1. The summed E-state index contributed by atoms with van der Waals surface area (Å²) in [6.45, 7) is 1.02. The van der Waals surface area contributed by atoms with Gasteiger partial charge in [-0.25, -0.2) is 41.3 Å². The van der Waals surface area contributed by atoms with Gasteiger partial charge in [0.15, 0.2) is 44.8 Å². The maximum atomic E-state index is 16.4. The molecule has 110 heavy (non-hydrogen) atoms. The molecular weight excluding hydrogens is 1430 g/mol. The van der Waals surface area contributed by atoms with Crippen LogP contribution in [0.3, 0.4) is 0 Å². The molecule has 0 bridgehead atoms. The number of fused-ring (bicyclic) bond motifs is 9. The quantitative estimate of drug-likeness (QED) is 0.0724. The normalized spacial score (nSPS) is 22.0. The second-order valence-corrected chi connectivity index (χ2v) is 33.3. The lowest BCUT2D eigenvalue weighted by atomic mass is 9.79. The van der Waals surface area contributed by atoms with Gasteiger partial charge in [-0.2, -0.15) is 0 Å². The summed E-state index contributed by atoms with van der Waals surface area (Å²) in [4.78, 5) is 82.5. The van der Waals surface area contributed by atoms with Gasteiger partial charge in [-0.1, -0.05) is 194 Å². The Hall–Kier alpha value is -11.7. The molecule has 17 rings (SSSR count). The largest absolute Gasteiger partial charge is 0.466 e. The van der Waals surface area contributed by atoms with Crippen molar-refractivity contribution >= 4 is 61.3 Å². The molecule has 0 saturated carbocycles. The lowest BCUT2D eigenvalue weighted by molar-refractivity contribution is -0.140. The zero-order chi connectivity index (χ0) is 75.5. The van der Waals surface area contributed by atoms with Crippen LogP contribution in [0.15, 0.2) is 275 Å². The molecule has 7 heterocycles. The highest BCUT2D eigenvalue weighted by molar-refractivity contribution is 7.91. The van der Waals surface area contributed by atoms with Crippen LogP contribution in [0.4, 0.5) is 4.79 Å². The molecule has 20 nitrogen and oxygen atoms in total. The van der Waals surface area contributed by atoms with Crippen molar-refractivity contribution in [2.45, 2.75) is 84.6 Å². The van der Waals surface area contributed by atoms with Gasteiger partial charge < -0.3 is 34.1 Å². The van der Waals surface area contributed by atoms with Crippen molar-refractivity contribution in [1.29, 1.82) is 0 Å². The molecule has 0 spiro atoms. The molecule has 10 aromatic carbocycles. The van der Waals surface area contributed by atoms with E-state index in [1.165, 1.54) is 19.0 Å². The molecule has 0 aliphatic carbocycles. The highest BCUT2D eigenvalue weighted by Crippen LogP contribution is 2.52. The van der Waals surface area contributed by atoms with Crippen LogP contribution in [-0.2, 0) is 92.1 Å². The molecule has 554 valence electrons. The molecule has 1 fully saturated rings. The van der Waals surface area contributed by atoms with E-state index in [1.807, 2.05) is 212 Å². The monoisotopic (exact) mass is 1500 g/mol. The Morgan fingerprint density at radius 3 is 1.32 bits per heavy atom. The van der Waals surface area contributed by atoms with Crippen molar-refractivity contribution in [3.63, 3.8) is 0 Å². The van der Waals surface area contributed by atoms with Gasteiger partial charge in [0, 0.05) is 91.8 Å². The van der Waals surface area contributed by atoms with Crippen molar-refractivity contribution in [2.75, 3.05) is 51.9 Å². The van der Waals surface area contributed by atoms with Crippen LogP contribution in [-0.4, -0.2) is 142 Å². The first-order valence-electron chi connectivity index (χ1n) is 36.9.